The van der Waals surface area contributed by atoms with Crippen LogP contribution in [-0.4, -0.2) is 49.5 Å². The maximum atomic E-state index is 11.1. The van der Waals surface area contributed by atoms with Gasteiger partial charge in [0.2, 0.25) is 0 Å². The second-order valence-corrected chi connectivity index (χ2v) is 4.12. The highest BCUT2D eigenvalue weighted by atomic mass is 16.5. The highest BCUT2D eigenvalue weighted by Crippen LogP contribution is 2.02. The number of hydrogen-bond donors (Lipinski definition) is 3. The molecule has 1 fully saturated rings. The van der Waals surface area contributed by atoms with E-state index in [1.165, 1.54) is 0 Å². The summed E-state index contributed by atoms with van der Waals surface area (Å²) >= 11 is 0. The van der Waals surface area contributed by atoms with Crippen molar-refractivity contribution < 1.29 is 14.6 Å². The second-order valence-electron chi connectivity index (χ2n) is 4.12. The van der Waals surface area contributed by atoms with Crippen molar-refractivity contribution in [1.29, 1.82) is 0 Å². The lowest BCUT2D eigenvalue weighted by molar-refractivity contribution is -0.142. The average molecular weight is 228 g/mol. The van der Waals surface area contributed by atoms with E-state index in [1.807, 2.05) is 0 Å². The van der Waals surface area contributed by atoms with Gasteiger partial charge in [-0.1, -0.05) is 6.58 Å². The zero-order valence-electron chi connectivity index (χ0n) is 9.66. The van der Waals surface area contributed by atoms with Crippen LogP contribution in [0.5, 0.6) is 0 Å². The molecular weight excluding hydrogens is 208 g/mol. The number of carbonyl (C=O) groups excluding carboxylic acids is 1. The Morgan fingerprint density at radius 3 is 2.94 bits per heavy atom. The van der Waals surface area contributed by atoms with Gasteiger partial charge in [-0.2, -0.15) is 0 Å². The number of hydrogen-bond acceptors (Lipinski definition) is 5. The summed E-state index contributed by atoms with van der Waals surface area (Å²) < 4.78 is 4.87. The van der Waals surface area contributed by atoms with Gasteiger partial charge in [-0.3, -0.25) is 0 Å². The van der Waals surface area contributed by atoms with Crippen LogP contribution in [0, 0.1) is 0 Å². The predicted octanol–water partition coefficient (Wildman–Crippen LogP) is -0.582. The summed E-state index contributed by atoms with van der Waals surface area (Å²) in [7, 11) is 0. The Balaban J connectivity index is 2.17. The fraction of sp³-hybridized carbons (Fsp3) is 0.727. The molecule has 0 bridgehead atoms. The average Bonchev–Trinajstić information content (AvgIpc) is 2.27. The van der Waals surface area contributed by atoms with Crippen LogP contribution in [0.4, 0.5) is 0 Å². The lowest BCUT2D eigenvalue weighted by atomic mass is 10.1. The third-order valence-corrected chi connectivity index (χ3v) is 2.44. The van der Waals surface area contributed by atoms with Gasteiger partial charge in [0.25, 0.3) is 0 Å². The molecule has 2 unspecified atom stereocenters. The van der Waals surface area contributed by atoms with Crippen molar-refractivity contribution in [2.24, 2.45) is 0 Å². The minimum atomic E-state index is -0.624. The van der Waals surface area contributed by atoms with Crippen LogP contribution >= 0.6 is 0 Å². The van der Waals surface area contributed by atoms with Crippen LogP contribution < -0.4 is 10.6 Å². The zero-order chi connectivity index (χ0) is 12.0. The van der Waals surface area contributed by atoms with Gasteiger partial charge in [-0.15, -0.1) is 0 Å². The molecule has 1 aliphatic rings. The van der Waals surface area contributed by atoms with Crippen LogP contribution in [0.25, 0.3) is 0 Å². The molecule has 0 amide bonds. The Labute approximate surface area is 95.9 Å². The summed E-state index contributed by atoms with van der Waals surface area (Å²) in [6.45, 7) is 7.79. The number of aliphatic hydroxyl groups is 1. The van der Waals surface area contributed by atoms with E-state index in [0.29, 0.717) is 12.0 Å². The number of rotatable bonds is 5. The molecule has 1 aliphatic heterocycles. The predicted molar refractivity (Wildman–Crippen MR) is 61.1 cm³/mol. The first-order chi connectivity index (χ1) is 7.59. The number of carbonyl (C=O) groups is 1. The molecule has 0 aliphatic carbocycles. The molecule has 2 atom stereocenters. The van der Waals surface area contributed by atoms with Crippen molar-refractivity contribution in [3.05, 3.63) is 12.2 Å². The van der Waals surface area contributed by atoms with Gasteiger partial charge in [0.1, 0.15) is 6.61 Å². The van der Waals surface area contributed by atoms with E-state index in [1.54, 1.807) is 6.92 Å². The number of aliphatic hydroxyl groups excluding tert-OH is 1. The molecule has 0 aromatic heterocycles. The van der Waals surface area contributed by atoms with E-state index in [-0.39, 0.29) is 12.6 Å². The molecule has 16 heavy (non-hydrogen) atoms. The topological polar surface area (TPSA) is 70.6 Å². The molecule has 0 aromatic carbocycles. The van der Waals surface area contributed by atoms with Crippen LogP contribution in [-0.2, 0) is 9.53 Å². The summed E-state index contributed by atoms with van der Waals surface area (Å²) in [5.41, 5.74) is 0.352. The van der Waals surface area contributed by atoms with Crippen molar-refractivity contribution >= 4 is 5.97 Å². The zero-order valence-corrected chi connectivity index (χ0v) is 9.66. The minimum Gasteiger partial charge on any atom is -0.460 e. The number of piperazine rings is 1. The van der Waals surface area contributed by atoms with E-state index in [2.05, 4.69) is 17.2 Å². The van der Waals surface area contributed by atoms with Crippen LogP contribution in [0.3, 0.4) is 0 Å². The van der Waals surface area contributed by atoms with Crippen LogP contribution in [0.15, 0.2) is 12.2 Å². The maximum Gasteiger partial charge on any atom is 0.333 e. The molecule has 92 valence electrons. The Hall–Kier alpha value is -0.910. The first-order valence-corrected chi connectivity index (χ1v) is 5.54. The van der Waals surface area contributed by atoms with Crippen molar-refractivity contribution in [2.45, 2.75) is 25.5 Å². The molecule has 5 nitrogen and oxygen atoms in total. The minimum absolute atomic E-state index is 0.0316. The van der Waals surface area contributed by atoms with Gasteiger partial charge in [-0.25, -0.2) is 4.79 Å². The highest BCUT2D eigenvalue weighted by Gasteiger charge is 2.17. The van der Waals surface area contributed by atoms with Crippen molar-refractivity contribution in [2.75, 3.05) is 26.2 Å². The summed E-state index contributed by atoms with van der Waals surface area (Å²) in [6, 6.07) is 0.243. The smallest absolute Gasteiger partial charge is 0.333 e. The second kappa shape index (κ2) is 6.62. The fourth-order valence-electron chi connectivity index (χ4n) is 1.57. The molecule has 0 spiro atoms. The highest BCUT2D eigenvalue weighted by molar-refractivity contribution is 5.86. The molecule has 1 saturated heterocycles. The molecule has 0 saturated carbocycles. The Morgan fingerprint density at radius 1 is 1.62 bits per heavy atom. The van der Waals surface area contributed by atoms with Crippen molar-refractivity contribution in [3.8, 4) is 0 Å². The van der Waals surface area contributed by atoms with E-state index >= 15 is 0 Å². The normalized spacial score (nSPS) is 22.5. The van der Waals surface area contributed by atoms with Gasteiger partial charge in [0.05, 0.1) is 6.10 Å². The molecule has 3 N–H and O–H groups in total. The van der Waals surface area contributed by atoms with Crippen molar-refractivity contribution in [1.82, 2.24) is 10.6 Å². The van der Waals surface area contributed by atoms with E-state index in [4.69, 9.17) is 4.74 Å². The third kappa shape index (κ3) is 4.74. The Kier molecular flexibility index (Phi) is 5.45. The van der Waals surface area contributed by atoms with E-state index in [0.717, 1.165) is 19.6 Å². The number of ether oxygens (including phenoxy) is 1. The maximum absolute atomic E-state index is 11.1. The summed E-state index contributed by atoms with van der Waals surface area (Å²) in [4.78, 5) is 11.1. The fourth-order valence-corrected chi connectivity index (χ4v) is 1.57. The molecule has 1 heterocycles. The van der Waals surface area contributed by atoms with Crippen molar-refractivity contribution in [3.63, 3.8) is 0 Å². The monoisotopic (exact) mass is 228 g/mol. The quantitative estimate of drug-likeness (QED) is 0.434. The number of nitrogens with one attached hydrogen (secondary N) is 2. The lowest BCUT2D eigenvalue weighted by Crippen LogP contribution is -2.49. The van der Waals surface area contributed by atoms with Crippen LogP contribution in [0.1, 0.15) is 13.3 Å². The number of esters is 1. The largest absolute Gasteiger partial charge is 0.460 e. The molecule has 5 heteroatoms. The summed E-state index contributed by atoms with van der Waals surface area (Å²) in [6.07, 6.45) is -0.0445. The van der Waals surface area contributed by atoms with Gasteiger partial charge in [-0.05, 0) is 13.3 Å². The molecule has 0 radical (unpaired) electrons. The van der Waals surface area contributed by atoms with Gasteiger partial charge in [0.15, 0.2) is 0 Å². The third-order valence-electron chi connectivity index (χ3n) is 2.44. The van der Waals surface area contributed by atoms with E-state index in [9.17, 15) is 9.90 Å². The standard InChI is InChI=1S/C11H20N2O3/c1-8(2)11(15)16-7-10(14)5-9-6-12-3-4-13-9/h9-10,12-14H,1,3-7H2,2H3. The molecular formula is C11H20N2O3. The first-order valence-electron chi connectivity index (χ1n) is 5.54. The van der Waals surface area contributed by atoms with E-state index < -0.39 is 12.1 Å². The Morgan fingerprint density at radius 2 is 2.38 bits per heavy atom. The van der Waals surface area contributed by atoms with Gasteiger partial charge < -0.3 is 20.5 Å². The SMILES string of the molecule is C=C(C)C(=O)OCC(O)CC1CNCCN1. The molecule has 1 rings (SSSR count). The van der Waals surface area contributed by atoms with Gasteiger partial charge >= 0.3 is 5.97 Å². The van der Waals surface area contributed by atoms with Gasteiger partial charge in [0, 0.05) is 31.2 Å². The Bertz CT molecular complexity index is 250. The first kappa shape index (κ1) is 13.2. The lowest BCUT2D eigenvalue weighted by Gasteiger charge is -2.26. The molecule has 0 aromatic rings. The summed E-state index contributed by atoms with van der Waals surface area (Å²) in [5, 5.41) is 16.2. The van der Waals surface area contributed by atoms with Crippen LogP contribution in [0.2, 0.25) is 0 Å². The summed E-state index contributed by atoms with van der Waals surface area (Å²) in [5.74, 6) is -0.450.